The molecule has 3 N–H and O–H groups in total. The highest BCUT2D eigenvalue weighted by molar-refractivity contribution is 14.1. The zero-order valence-corrected chi connectivity index (χ0v) is 14.0. The number of benzene rings is 1. The van der Waals surface area contributed by atoms with Gasteiger partial charge in [-0.1, -0.05) is 0 Å². The molecule has 1 aromatic heterocycles. The number of aliphatic hydroxyl groups excluding tert-OH is 1. The normalized spacial score (nSPS) is 11.8. The standard InChI is InChI=1S/C15H15FIN3O2/c1-9(21)7-19-15(22)11-4-5-18-8-14(11)20-13-3-2-10(17)6-12(13)16/h2-6,8-9,20-21H,7H2,1H3,(H,19,22)/t9-/m0/s1. The lowest BCUT2D eigenvalue weighted by Crippen LogP contribution is -2.31. The molecule has 7 heteroatoms. The number of aromatic nitrogens is 1. The van der Waals surface area contributed by atoms with Gasteiger partial charge in [0.1, 0.15) is 5.82 Å². The van der Waals surface area contributed by atoms with Crippen LogP contribution >= 0.6 is 22.6 Å². The lowest BCUT2D eigenvalue weighted by Gasteiger charge is -2.13. The van der Waals surface area contributed by atoms with Gasteiger partial charge >= 0.3 is 0 Å². The van der Waals surface area contributed by atoms with E-state index < -0.39 is 11.9 Å². The minimum Gasteiger partial charge on any atom is -0.392 e. The number of pyridine rings is 1. The quantitative estimate of drug-likeness (QED) is 0.657. The average molecular weight is 415 g/mol. The van der Waals surface area contributed by atoms with Gasteiger partial charge in [-0.3, -0.25) is 9.78 Å². The van der Waals surface area contributed by atoms with Crippen LogP contribution in [0.4, 0.5) is 15.8 Å². The number of anilines is 2. The molecule has 0 aliphatic heterocycles. The maximum Gasteiger partial charge on any atom is 0.253 e. The molecule has 0 saturated heterocycles. The number of carbonyl (C=O) groups is 1. The van der Waals surface area contributed by atoms with E-state index in [1.54, 1.807) is 19.1 Å². The first kappa shape index (κ1) is 16.6. The third kappa shape index (κ3) is 4.38. The summed E-state index contributed by atoms with van der Waals surface area (Å²) >= 11 is 2.02. The van der Waals surface area contributed by atoms with Crippen LogP contribution in [0.1, 0.15) is 17.3 Å². The van der Waals surface area contributed by atoms with Gasteiger partial charge < -0.3 is 15.7 Å². The van der Waals surface area contributed by atoms with Crippen LogP contribution in [0.3, 0.4) is 0 Å². The van der Waals surface area contributed by atoms with Crippen molar-refractivity contribution in [2.45, 2.75) is 13.0 Å². The van der Waals surface area contributed by atoms with Gasteiger partial charge in [0.05, 0.1) is 29.2 Å². The van der Waals surface area contributed by atoms with Crippen molar-refractivity contribution in [2.24, 2.45) is 0 Å². The topological polar surface area (TPSA) is 74.2 Å². The summed E-state index contributed by atoms with van der Waals surface area (Å²) in [6, 6.07) is 6.29. The summed E-state index contributed by atoms with van der Waals surface area (Å²) in [7, 11) is 0. The monoisotopic (exact) mass is 415 g/mol. The Labute approximate surface area is 141 Å². The van der Waals surface area contributed by atoms with Crippen molar-refractivity contribution in [1.29, 1.82) is 0 Å². The second-order valence-corrected chi connectivity index (χ2v) is 5.98. The Morgan fingerprint density at radius 1 is 1.41 bits per heavy atom. The summed E-state index contributed by atoms with van der Waals surface area (Å²) < 4.78 is 14.7. The lowest BCUT2D eigenvalue weighted by molar-refractivity contribution is 0.0925. The molecule has 116 valence electrons. The number of nitrogens with one attached hydrogen (secondary N) is 2. The molecule has 5 nitrogen and oxygen atoms in total. The smallest absolute Gasteiger partial charge is 0.253 e. The first-order chi connectivity index (χ1) is 10.5. The Bertz CT molecular complexity index is 680. The molecule has 1 heterocycles. The maximum atomic E-state index is 13.9. The van der Waals surface area contributed by atoms with Crippen molar-refractivity contribution in [3.63, 3.8) is 0 Å². The molecule has 2 rings (SSSR count). The third-order valence-corrected chi connectivity index (χ3v) is 3.50. The van der Waals surface area contributed by atoms with Crippen LogP contribution in [-0.4, -0.2) is 28.6 Å². The van der Waals surface area contributed by atoms with Gasteiger partial charge in [-0.2, -0.15) is 0 Å². The maximum absolute atomic E-state index is 13.9. The summed E-state index contributed by atoms with van der Waals surface area (Å²) in [6.45, 7) is 1.71. The number of aliphatic hydroxyl groups is 1. The van der Waals surface area contributed by atoms with Gasteiger partial charge in [0.15, 0.2) is 0 Å². The van der Waals surface area contributed by atoms with Crippen molar-refractivity contribution in [3.05, 3.63) is 51.6 Å². The number of hydrogen-bond acceptors (Lipinski definition) is 4. The summed E-state index contributed by atoms with van der Waals surface area (Å²) in [4.78, 5) is 16.1. The van der Waals surface area contributed by atoms with Gasteiger partial charge in [-0.15, -0.1) is 0 Å². The van der Waals surface area contributed by atoms with Crippen molar-refractivity contribution in [3.8, 4) is 0 Å². The Morgan fingerprint density at radius 3 is 2.86 bits per heavy atom. The molecule has 1 atom stereocenters. The van der Waals surface area contributed by atoms with Gasteiger partial charge in [0.25, 0.3) is 5.91 Å². The van der Waals surface area contributed by atoms with Crippen LogP contribution in [0.25, 0.3) is 0 Å². The van der Waals surface area contributed by atoms with E-state index in [0.29, 0.717) is 11.3 Å². The minimum absolute atomic E-state index is 0.137. The Balaban J connectivity index is 2.22. The zero-order valence-electron chi connectivity index (χ0n) is 11.8. The molecule has 0 radical (unpaired) electrons. The van der Waals surface area contributed by atoms with Crippen LogP contribution in [0.15, 0.2) is 36.7 Å². The van der Waals surface area contributed by atoms with E-state index in [1.807, 2.05) is 22.6 Å². The summed E-state index contributed by atoms with van der Waals surface area (Å²) in [5.74, 6) is -0.775. The molecule has 2 aromatic rings. The first-order valence-electron chi connectivity index (χ1n) is 6.59. The number of halogens is 2. The molecule has 0 spiro atoms. The van der Waals surface area contributed by atoms with Gasteiger partial charge in [0, 0.05) is 16.3 Å². The van der Waals surface area contributed by atoms with Gasteiger partial charge in [0.2, 0.25) is 0 Å². The molecule has 1 aromatic carbocycles. The first-order valence-corrected chi connectivity index (χ1v) is 7.67. The molecule has 0 aliphatic carbocycles. The van der Waals surface area contributed by atoms with E-state index >= 15 is 0 Å². The fraction of sp³-hybridized carbons (Fsp3) is 0.200. The summed E-state index contributed by atoms with van der Waals surface area (Å²) in [5.41, 5.74) is 0.984. The molecule has 0 fully saturated rings. The third-order valence-electron chi connectivity index (χ3n) is 2.82. The molecule has 0 saturated carbocycles. The lowest BCUT2D eigenvalue weighted by atomic mass is 10.2. The fourth-order valence-corrected chi connectivity index (χ4v) is 2.22. The van der Waals surface area contributed by atoms with E-state index in [-0.39, 0.29) is 18.1 Å². The number of carbonyl (C=O) groups excluding carboxylic acids is 1. The Morgan fingerprint density at radius 2 is 2.18 bits per heavy atom. The average Bonchev–Trinajstić information content (AvgIpc) is 2.48. The predicted octanol–water partition coefficient (Wildman–Crippen LogP) is 2.68. The second kappa shape index (κ2) is 7.50. The Hall–Kier alpha value is -1.74. The van der Waals surface area contributed by atoms with Crippen LogP contribution in [0.5, 0.6) is 0 Å². The molecule has 1 amide bonds. The Kier molecular flexibility index (Phi) is 5.67. The molecular formula is C15H15FIN3O2. The van der Waals surface area contributed by atoms with Crippen molar-refractivity contribution in [1.82, 2.24) is 10.3 Å². The second-order valence-electron chi connectivity index (χ2n) is 4.73. The van der Waals surface area contributed by atoms with E-state index in [2.05, 4.69) is 15.6 Å². The van der Waals surface area contributed by atoms with E-state index in [4.69, 9.17) is 0 Å². The van der Waals surface area contributed by atoms with E-state index in [0.717, 1.165) is 3.57 Å². The highest BCUT2D eigenvalue weighted by Crippen LogP contribution is 2.23. The van der Waals surface area contributed by atoms with Gasteiger partial charge in [-0.05, 0) is 53.8 Å². The van der Waals surface area contributed by atoms with Crippen LogP contribution < -0.4 is 10.6 Å². The highest BCUT2D eigenvalue weighted by atomic mass is 127. The molecule has 0 bridgehead atoms. The molecule has 0 unspecified atom stereocenters. The largest absolute Gasteiger partial charge is 0.392 e. The molecular weight excluding hydrogens is 400 g/mol. The van der Waals surface area contributed by atoms with Crippen molar-refractivity contribution < 1.29 is 14.3 Å². The number of amides is 1. The minimum atomic E-state index is -0.643. The number of rotatable bonds is 5. The van der Waals surface area contributed by atoms with Crippen LogP contribution in [0, 0.1) is 9.39 Å². The zero-order chi connectivity index (χ0) is 16.1. The number of nitrogens with zero attached hydrogens (tertiary/aromatic N) is 1. The van der Waals surface area contributed by atoms with Crippen LogP contribution in [-0.2, 0) is 0 Å². The summed E-state index contributed by atoms with van der Waals surface area (Å²) in [6.07, 6.45) is 2.29. The van der Waals surface area contributed by atoms with Crippen molar-refractivity contribution in [2.75, 3.05) is 11.9 Å². The van der Waals surface area contributed by atoms with E-state index in [9.17, 15) is 14.3 Å². The SMILES string of the molecule is C[C@H](O)CNC(=O)c1ccncc1Nc1ccc(I)cc1F. The van der Waals surface area contributed by atoms with E-state index in [1.165, 1.54) is 24.5 Å². The highest BCUT2D eigenvalue weighted by Gasteiger charge is 2.13. The predicted molar refractivity (Wildman–Crippen MR) is 90.7 cm³/mol. The molecule has 0 aliphatic rings. The molecule has 22 heavy (non-hydrogen) atoms. The number of hydrogen-bond donors (Lipinski definition) is 3. The fourth-order valence-electron chi connectivity index (χ4n) is 1.76. The van der Waals surface area contributed by atoms with Crippen molar-refractivity contribution >= 4 is 39.9 Å². The van der Waals surface area contributed by atoms with Gasteiger partial charge in [-0.25, -0.2) is 4.39 Å². The summed E-state index contributed by atoms with van der Waals surface area (Å²) in [5, 5.41) is 14.7. The van der Waals surface area contributed by atoms with Crippen LogP contribution in [0.2, 0.25) is 0 Å².